The van der Waals surface area contributed by atoms with E-state index in [1.807, 2.05) is 6.92 Å². The summed E-state index contributed by atoms with van der Waals surface area (Å²) in [5.74, 6) is 0.182. The fourth-order valence-corrected chi connectivity index (χ4v) is 5.10. The highest BCUT2D eigenvalue weighted by Gasteiger charge is 2.29. The van der Waals surface area contributed by atoms with Crippen molar-refractivity contribution in [3.05, 3.63) is 67.6 Å². The average molecular weight is 508 g/mol. The van der Waals surface area contributed by atoms with Crippen molar-refractivity contribution >= 4 is 70.0 Å². The topological polar surface area (TPSA) is 49.4 Å². The van der Waals surface area contributed by atoms with Crippen molar-refractivity contribution in [1.82, 2.24) is 10.2 Å². The second-order valence-electron chi connectivity index (χ2n) is 6.45. The summed E-state index contributed by atoms with van der Waals surface area (Å²) >= 11 is 26.4. The predicted molar refractivity (Wildman–Crippen MR) is 128 cm³/mol. The molecule has 2 rings (SSSR count). The van der Waals surface area contributed by atoms with Crippen molar-refractivity contribution in [2.75, 3.05) is 12.8 Å². The Morgan fingerprint density at radius 2 is 1.47 bits per heavy atom. The van der Waals surface area contributed by atoms with Gasteiger partial charge in [-0.05, 0) is 36.2 Å². The van der Waals surface area contributed by atoms with Gasteiger partial charge in [-0.2, -0.15) is 0 Å². The largest absolute Gasteiger partial charge is 0.357 e. The highest BCUT2D eigenvalue weighted by molar-refractivity contribution is 7.99. The molecule has 4 nitrogen and oxygen atoms in total. The first-order valence-electron chi connectivity index (χ1n) is 9.24. The number of carbonyl (C=O) groups excluding carboxylic acids is 2. The molecule has 0 aliphatic rings. The average Bonchev–Trinajstić information content (AvgIpc) is 2.71. The fraction of sp³-hybridized carbons (Fsp3) is 0.333. The van der Waals surface area contributed by atoms with E-state index in [2.05, 4.69) is 5.32 Å². The minimum atomic E-state index is -0.639. The molecule has 162 valence electrons. The standard InChI is InChI=1S/C21H22Cl4N2O2S/c1-3-19(21(29)26-2)27(10-13-15(22)6-4-7-16(13)23)20(28)12-30-11-14-17(24)8-5-9-18(14)25/h4-9,19H,3,10-12H2,1-2H3,(H,26,29). The number of nitrogens with one attached hydrogen (secondary N) is 1. The van der Waals surface area contributed by atoms with Gasteiger partial charge in [-0.25, -0.2) is 0 Å². The summed E-state index contributed by atoms with van der Waals surface area (Å²) in [6.45, 7) is 1.99. The normalized spacial score (nSPS) is 11.8. The van der Waals surface area contributed by atoms with E-state index in [4.69, 9.17) is 46.4 Å². The molecule has 0 spiro atoms. The quantitative estimate of drug-likeness (QED) is 0.447. The molecule has 2 amide bonds. The zero-order valence-electron chi connectivity index (χ0n) is 16.6. The van der Waals surface area contributed by atoms with E-state index in [-0.39, 0.29) is 24.1 Å². The number of carbonyl (C=O) groups is 2. The van der Waals surface area contributed by atoms with E-state index in [9.17, 15) is 9.59 Å². The summed E-state index contributed by atoms with van der Waals surface area (Å²) in [5, 5.41) is 4.63. The monoisotopic (exact) mass is 506 g/mol. The summed E-state index contributed by atoms with van der Waals surface area (Å²) in [6.07, 6.45) is 0.453. The first-order valence-corrected chi connectivity index (χ1v) is 11.9. The van der Waals surface area contributed by atoms with E-state index in [1.54, 1.807) is 43.4 Å². The lowest BCUT2D eigenvalue weighted by Crippen LogP contribution is -2.48. The third kappa shape index (κ3) is 6.44. The van der Waals surface area contributed by atoms with Crippen molar-refractivity contribution in [3.63, 3.8) is 0 Å². The lowest BCUT2D eigenvalue weighted by molar-refractivity contribution is -0.139. The van der Waals surface area contributed by atoms with Gasteiger partial charge in [0.05, 0.1) is 5.75 Å². The second-order valence-corrected chi connectivity index (χ2v) is 9.07. The summed E-state index contributed by atoms with van der Waals surface area (Å²) in [6, 6.07) is 9.80. The van der Waals surface area contributed by atoms with Crippen LogP contribution in [0.25, 0.3) is 0 Å². The van der Waals surface area contributed by atoms with Gasteiger partial charge >= 0.3 is 0 Å². The lowest BCUT2D eigenvalue weighted by Gasteiger charge is -2.30. The molecular weight excluding hydrogens is 486 g/mol. The van der Waals surface area contributed by atoms with Crippen LogP contribution in [0.1, 0.15) is 24.5 Å². The molecule has 1 N–H and O–H groups in total. The van der Waals surface area contributed by atoms with Gasteiger partial charge in [0.15, 0.2) is 0 Å². The zero-order chi connectivity index (χ0) is 22.3. The van der Waals surface area contributed by atoms with E-state index in [0.717, 1.165) is 5.56 Å². The first kappa shape index (κ1) is 25.2. The van der Waals surface area contributed by atoms with Crippen LogP contribution in [0.2, 0.25) is 20.1 Å². The van der Waals surface area contributed by atoms with Crippen LogP contribution in [0.5, 0.6) is 0 Å². The number of nitrogens with zero attached hydrogens (tertiary/aromatic N) is 1. The zero-order valence-corrected chi connectivity index (χ0v) is 20.4. The smallest absolute Gasteiger partial charge is 0.242 e. The van der Waals surface area contributed by atoms with Crippen molar-refractivity contribution in [2.45, 2.75) is 31.7 Å². The first-order chi connectivity index (χ1) is 14.3. The molecule has 1 unspecified atom stereocenters. The number of benzene rings is 2. The molecule has 0 saturated carbocycles. The number of hydrogen-bond acceptors (Lipinski definition) is 3. The summed E-state index contributed by atoms with van der Waals surface area (Å²) < 4.78 is 0. The van der Waals surface area contributed by atoms with Crippen LogP contribution in [0.4, 0.5) is 0 Å². The number of thioether (sulfide) groups is 1. The van der Waals surface area contributed by atoms with Crippen LogP contribution in [-0.4, -0.2) is 35.6 Å². The third-order valence-corrected chi connectivity index (χ3v) is 6.92. The maximum Gasteiger partial charge on any atom is 0.242 e. The molecule has 2 aromatic rings. The van der Waals surface area contributed by atoms with Crippen molar-refractivity contribution in [1.29, 1.82) is 0 Å². The lowest BCUT2D eigenvalue weighted by atomic mass is 10.1. The molecule has 0 heterocycles. The Morgan fingerprint density at radius 1 is 0.967 bits per heavy atom. The van der Waals surface area contributed by atoms with Crippen LogP contribution < -0.4 is 5.32 Å². The van der Waals surface area contributed by atoms with Gasteiger partial charge in [-0.1, -0.05) is 65.5 Å². The molecule has 0 aromatic heterocycles. The van der Waals surface area contributed by atoms with Crippen LogP contribution in [0.3, 0.4) is 0 Å². The predicted octanol–water partition coefficient (Wildman–Crippen LogP) is 6.09. The molecule has 0 saturated heterocycles. The minimum absolute atomic E-state index is 0.136. The fourth-order valence-electron chi connectivity index (χ4n) is 2.93. The molecule has 2 aromatic carbocycles. The number of hydrogen-bond donors (Lipinski definition) is 1. The van der Waals surface area contributed by atoms with Crippen LogP contribution >= 0.6 is 58.2 Å². The van der Waals surface area contributed by atoms with Gasteiger partial charge in [0, 0.05) is 45.0 Å². The molecule has 0 fully saturated rings. The second kappa shape index (κ2) is 12.1. The number of rotatable bonds is 9. The molecule has 0 radical (unpaired) electrons. The van der Waals surface area contributed by atoms with Crippen molar-refractivity contribution < 1.29 is 9.59 Å². The van der Waals surface area contributed by atoms with Crippen LogP contribution in [0, 0.1) is 0 Å². The number of amides is 2. The molecule has 0 aliphatic carbocycles. The SMILES string of the molecule is CCC(C(=O)NC)N(Cc1c(Cl)cccc1Cl)C(=O)CSCc1c(Cl)cccc1Cl. The van der Waals surface area contributed by atoms with Gasteiger partial charge in [0.2, 0.25) is 11.8 Å². The molecular formula is C21H22Cl4N2O2S. The van der Waals surface area contributed by atoms with E-state index < -0.39 is 6.04 Å². The van der Waals surface area contributed by atoms with Crippen LogP contribution in [0.15, 0.2) is 36.4 Å². The van der Waals surface area contributed by atoms with Crippen molar-refractivity contribution in [2.24, 2.45) is 0 Å². The summed E-state index contributed by atoms with van der Waals surface area (Å²) in [4.78, 5) is 27.1. The molecule has 1 atom stereocenters. The number of halogens is 4. The molecule has 0 aliphatic heterocycles. The Bertz CT molecular complexity index is 870. The maximum atomic E-state index is 13.1. The number of likely N-dealkylation sites (N-methyl/N-ethyl adjacent to an activating group) is 1. The maximum absolute atomic E-state index is 13.1. The van der Waals surface area contributed by atoms with Gasteiger partial charge in [-0.3, -0.25) is 9.59 Å². The van der Waals surface area contributed by atoms with Gasteiger partial charge in [0.1, 0.15) is 6.04 Å². The summed E-state index contributed by atoms with van der Waals surface area (Å²) in [7, 11) is 1.55. The van der Waals surface area contributed by atoms with E-state index in [1.165, 1.54) is 16.7 Å². The van der Waals surface area contributed by atoms with Gasteiger partial charge in [-0.15, -0.1) is 11.8 Å². The highest BCUT2D eigenvalue weighted by Crippen LogP contribution is 2.30. The Morgan fingerprint density at radius 3 is 1.93 bits per heavy atom. The Labute approximate surface area is 201 Å². The highest BCUT2D eigenvalue weighted by atomic mass is 35.5. The van der Waals surface area contributed by atoms with Crippen molar-refractivity contribution in [3.8, 4) is 0 Å². The Kier molecular flexibility index (Phi) is 10.1. The van der Waals surface area contributed by atoms with E-state index >= 15 is 0 Å². The Hall–Kier alpha value is -1.11. The summed E-state index contributed by atoms with van der Waals surface area (Å²) in [5.41, 5.74) is 1.38. The molecule has 0 bridgehead atoms. The van der Waals surface area contributed by atoms with E-state index in [0.29, 0.717) is 37.8 Å². The van der Waals surface area contributed by atoms with Crippen LogP contribution in [-0.2, 0) is 21.9 Å². The van der Waals surface area contributed by atoms with Gasteiger partial charge in [0.25, 0.3) is 0 Å². The Balaban J connectivity index is 2.20. The molecule has 30 heavy (non-hydrogen) atoms. The third-order valence-electron chi connectivity index (χ3n) is 4.56. The minimum Gasteiger partial charge on any atom is -0.357 e. The van der Waals surface area contributed by atoms with Gasteiger partial charge < -0.3 is 10.2 Å². The molecule has 9 heteroatoms.